The van der Waals surface area contributed by atoms with Crippen molar-refractivity contribution in [2.75, 3.05) is 13.2 Å². The van der Waals surface area contributed by atoms with E-state index in [4.69, 9.17) is 5.11 Å². The molecule has 1 aliphatic carbocycles. The average molecular weight is 318 g/mol. The molecular weight excluding hydrogens is 303 g/mol. The van der Waals surface area contributed by atoms with Crippen LogP contribution in [0.3, 0.4) is 0 Å². The van der Waals surface area contributed by atoms with Crippen LogP contribution >= 0.6 is 0 Å². The molecule has 0 atom stereocenters. The van der Waals surface area contributed by atoms with Gasteiger partial charge in [-0.1, -0.05) is 6.42 Å². The summed E-state index contributed by atoms with van der Waals surface area (Å²) in [6, 6.07) is 2.27. The first kappa shape index (κ1) is 15.8. The number of nitro benzene ring substituents is 1. The second-order valence-electron chi connectivity index (χ2n) is 4.79. The van der Waals surface area contributed by atoms with E-state index in [0.29, 0.717) is 18.9 Å². The maximum absolute atomic E-state index is 13.3. The Labute approximate surface area is 121 Å². The van der Waals surface area contributed by atoms with E-state index >= 15 is 0 Å². The van der Waals surface area contributed by atoms with Crippen LogP contribution in [0, 0.1) is 15.9 Å². The monoisotopic (exact) mass is 318 g/mol. The molecule has 2 rings (SSSR count). The molecule has 9 heteroatoms. The lowest BCUT2D eigenvalue weighted by molar-refractivity contribution is -0.387. The molecule has 0 heterocycles. The fourth-order valence-corrected chi connectivity index (χ4v) is 3.90. The summed E-state index contributed by atoms with van der Waals surface area (Å²) in [5, 5.41) is 19.7. The van der Waals surface area contributed by atoms with Gasteiger partial charge < -0.3 is 5.11 Å². The maximum Gasteiger partial charge on any atom is 0.306 e. The van der Waals surface area contributed by atoms with Crippen molar-refractivity contribution in [3.63, 3.8) is 0 Å². The summed E-state index contributed by atoms with van der Waals surface area (Å²) in [6.45, 7) is -0.433. The van der Waals surface area contributed by atoms with Crippen LogP contribution in [0.5, 0.6) is 0 Å². The number of aliphatic hydroxyl groups is 1. The highest BCUT2D eigenvalue weighted by Crippen LogP contribution is 2.31. The maximum atomic E-state index is 13.3. The lowest BCUT2D eigenvalue weighted by Crippen LogP contribution is -2.45. The number of rotatable bonds is 6. The molecule has 0 bridgehead atoms. The van der Waals surface area contributed by atoms with Gasteiger partial charge in [0.25, 0.3) is 0 Å². The van der Waals surface area contributed by atoms with Crippen molar-refractivity contribution in [1.29, 1.82) is 0 Å². The van der Waals surface area contributed by atoms with Crippen molar-refractivity contribution < 1.29 is 22.8 Å². The van der Waals surface area contributed by atoms with Gasteiger partial charge in [0.2, 0.25) is 15.8 Å². The Morgan fingerprint density at radius 2 is 2.10 bits per heavy atom. The van der Waals surface area contributed by atoms with Crippen LogP contribution in [0.15, 0.2) is 23.1 Å². The van der Waals surface area contributed by atoms with Gasteiger partial charge >= 0.3 is 5.69 Å². The van der Waals surface area contributed by atoms with Crippen molar-refractivity contribution in [1.82, 2.24) is 4.31 Å². The van der Waals surface area contributed by atoms with Gasteiger partial charge in [0.1, 0.15) is 0 Å². The van der Waals surface area contributed by atoms with Crippen molar-refractivity contribution in [2.45, 2.75) is 30.2 Å². The second kappa shape index (κ2) is 6.04. The predicted molar refractivity (Wildman–Crippen MR) is 71.7 cm³/mol. The predicted octanol–water partition coefficient (Wildman–Crippen LogP) is 1.27. The molecule has 0 radical (unpaired) electrons. The Balaban J connectivity index is 2.41. The minimum Gasteiger partial charge on any atom is -0.395 e. The first-order valence-electron chi connectivity index (χ1n) is 6.44. The summed E-state index contributed by atoms with van der Waals surface area (Å²) in [7, 11) is -3.99. The molecular formula is C12H15FN2O5S. The van der Waals surface area contributed by atoms with Gasteiger partial charge in [0.15, 0.2) is 0 Å². The molecule has 0 unspecified atom stereocenters. The highest BCUT2D eigenvalue weighted by atomic mass is 32.2. The van der Waals surface area contributed by atoms with Gasteiger partial charge in [-0.2, -0.15) is 8.70 Å². The van der Waals surface area contributed by atoms with Crippen molar-refractivity contribution >= 4 is 15.7 Å². The van der Waals surface area contributed by atoms with E-state index in [0.717, 1.165) is 22.9 Å². The number of nitrogens with zero attached hydrogens (tertiary/aromatic N) is 2. The van der Waals surface area contributed by atoms with E-state index in [1.54, 1.807) is 0 Å². The van der Waals surface area contributed by atoms with E-state index in [-0.39, 0.29) is 24.1 Å². The van der Waals surface area contributed by atoms with Crippen LogP contribution in [0.2, 0.25) is 0 Å². The number of nitro groups is 1. The molecule has 1 saturated carbocycles. The Kier molecular flexibility index (Phi) is 4.55. The Morgan fingerprint density at radius 1 is 1.43 bits per heavy atom. The smallest absolute Gasteiger partial charge is 0.306 e. The summed E-state index contributed by atoms with van der Waals surface area (Å²) >= 11 is 0. The summed E-state index contributed by atoms with van der Waals surface area (Å²) in [4.78, 5) is 9.41. The van der Waals surface area contributed by atoms with Gasteiger partial charge in [-0.15, -0.1) is 0 Å². The number of benzene rings is 1. The number of sulfonamides is 1. The SMILES string of the molecule is O=[N+]([O-])c1cc(S(=O)(=O)N(CCO)C2CCC2)ccc1F. The molecule has 7 nitrogen and oxygen atoms in total. The van der Waals surface area contributed by atoms with E-state index < -0.39 is 26.5 Å². The lowest BCUT2D eigenvalue weighted by Gasteiger charge is -2.36. The number of aliphatic hydroxyl groups excluding tert-OH is 1. The lowest BCUT2D eigenvalue weighted by atomic mass is 9.93. The Hall–Kier alpha value is -1.58. The molecule has 1 aromatic rings. The molecule has 1 fully saturated rings. The van der Waals surface area contributed by atoms with Crippen LogP contribution in [0.4, 0.5) is 10.1 Å². The molecule has 1 aliphatic rings. The summed E-state index contributed by atoms with van der Waals surface area (Å²) in [5.41, 5.74) is -0.881. The standard InChI is InChI=1S/C12H15FN2O5S/c13-11-5-4-10(8-12(11)15(17)18)21(19,20)14(6-7-16)9-2-1-3-9/h4-5,8-9,16H,1-3,6-7H2. The largest absolute Gasteiger partial charge is 0.395 e. The number of hydrogen-bond acceptors (Lipinski definition) is 5. The van der Waals surface area contributed by atoms with Gasteiger partial charge in [0.05, 0.1) is 16.4 Å². The molecule has 0 aliphatic heterocycles. The average Bonchev–Trinajstić information content (AvgIpc) is 2.36. The first-order valence-corrected chi connectivity index (χ1v) is 7.88. The van der Waals surface area contributed by atoms with Crippen molar-refractivity contribution in [2.24, 2.45) is 0 Å². The second-order valence-corrected chi connectivity index (χ2v) is 6.68. The first-order chi connectivity index (χ1) is 9.87. The van der Waals surface area contributed by atoms with Gasteiger partial charge in [-0.3, -0.25) is 10.1 Å². The van der Waals surface area contributed by atoms with Crippen LogP contribution in [0.25, 0.3) is 0 Å². The zero-order valence-electron chi connectivity index (χ0n) is 11.1. The quantitative estimate of drug-likeness (QED) is 0.629. The molecule has 0 aromatic heterocycles. The normalized spacial score (nSPS) is 16.0. The molecule has 1 aromatic carbocycles. The highest BCUT2D eigenvalue weighted by molar-refractivity contribution is 7.89. The minimum atomic E-state index is -3.99. The molecule has 1 N–H and O–H groups in total. The zero-order valence-corrected chi connectivity index (χ0v) is 11.9. The van der Waals surface area contributed by atoms with E-state index in [1.165, 1.54) is 0 Å². The fraction of sp³-hybridized carbons (Fsp3) is 0.500. The molecule has 0 saturated heterocycles. The fourth-order valence-electron chi connectivity index (χ4n) is 2.20. The summed E-state index contributed by atoms with van der Waals surface area (Å²) in [6.07, 6.45) is 2.26. The zero-order chi connectivity index (χ0) is 15.6. The van der Waals surface area contributed by atoms with Gasteiger partial charge in [-0.25, -0.2) is 8.42 Å². The van der Waals surface area contributed by atoms with Gasteiger partial charge in [0, 0.05) is 18.7 Å². The van der Waals surface area contributed by atoms with E-state index in [9.17, 15) is 22.9 Å². The Bertz CT molecular complexity index is 645. The van der Waals surface area contributed by atoms with E-state index in [1.807, 2.05) is 0 Å². The third-order valence-electron chi connectivity index (χ3n) is 3.52. The Morgan fingerprint density at radius 3 is 2.57 bits per heavy atom. The van der Waals surface area contributed by atoms with Crippen molar-refractivity contribution in [3.05, 3.63) is 34.1 Å². The topological polar surface area (TPSA) is 101 Å². The molecule has 0 amide bonds. The third kappa shape index (κ3) is 3.04. The van der Waals surface area contributed by atoms with Crippen molar-refractivity contribution in [3.8, 4) is 0 Å². The minimum absolute atomic E-state index is 0.0851. The number of hydrogen-bond donors (Lipinski definition) is 1. The highest BCUT2D eigenvalue weighted by Gasteiger charge is 2.35. The summed E-state index contributed by atoms with van der Waals surface area (Å²) < 4.78 is 39.5. The van der Waals surface area contributed by atoms with Crippen LogP contribution in [-0.2, 0) is 10.0 Å². The molecule has 21 heavy (non-hydrogen) atoms. The van der Waals surface area contributed by atoms with Gasteiger partial charge in [-0.05, 0) is 25.0 Å². The summed E-state index contributed by atoms with van der Waals surface area (Å²) in [5.74, 6) is -1.09. The molecule has 116 valence electrons. The van der Waals surface area contributed by atoms with Crippen LogP contribution < -0.4 is 0 Å². The van der Waals surface area contributed by atoms with Crippen LogP contribution in [-0.4, -0.2) is 41.9 Å². The third-order valence-corrected chi connectivity index (χ3v) is 5.47. The molecule has 0 spiro atoms. The van der Waals surface area contributed by atoms with E-state index in [2.05, 4.69) is 0 Å². The number of halogens is 1. The van der Waals surface area contributed by atoms with Crippen LogP contribution in [0.1, 0.15) is 19.3 Å².